The maximum atomic E-state index is 12.9. The molecular formula is C28H21NO6. The highest BCUT2D eigenvalue weighted by molar-refractivity contribution is 6.41. The van der Waals surface area contributed by atoms with Crippen LogP contribution < -0.4 is 4.74 Å². The number of allylic oxidation sites excluding steroid dienone is 4. The third-order valence-electron chi connectivity index (χ3n) is 6.45. The van der Waals surface area contributed by atoms with E-state index < -0.39 is 23.8 Å². The maximum absolute atomic E-state index is 12.9. The van der Waals surface area contributed by atoms with E-state index in [0.29, 0.717) is 28.7 Å². The Morgan fingerprint density at radius 2 is 1.69 bits per heavy atom. The molecule has 7 heteroatoms. The fourth-order valence-corrected chi connectivity index (χ4v) is 4.63. The molecule has 2 aromatic rings. The summed E-state index contributed by atoms with van der Waals surface area (Å²) in [6.45, 7) is 1.71. The van der Waals surface area contributed by atoms with E-state index in [2.05, 4.69) is 0 Å². The Balaban J connectivity index is 1.31. The van der Waals surface area contributed by atoms with Gasteiger partial charge in [0.25, 0.3) is 5.91 Å². The zero-order chi connectivity index (χ0) is 24.7. The molecule has 0 aromatic heterocycles. The minimum absolute atomic E-state index is 0.0818. The molecule has 174 valence electrons. The SMILES string of the molecule is CC[C@@H](C(=O)Oc1ccc(C=C2C(=O)c3ccccc3C2=O)cc1)N1C(=O)C2=CC=CC[C@H]2C1=O. The van der Waals surface area contributed by atoms with E-state index >= 15 is 0 Å². The van der Waals surface area contributed by atoms with E-state index in [9.17, 15) is 24.0 Å². The van der Waals surface area contributed by atoms with E-state index in [4.69, 9.17) is 4.74 Å². The van der Waals surface area contributed by atoms with Gasteiger partial charge in [-0.05, 0) is 36.6 Å². The number of hydrogen-bond donors (Lipinski definition) is 0. The zero-order valence-electron chi connectivity index (χ0n) is 18.9. The molecule has 1 fully saturated rings. The minimum Gasteiger partial charge on any atom is -0.425 e. The van der Waals surface area contributed by atoms with Crippen molar-refractivity contribution in [1.82, 2.24) is 4.90 Å². The first-order valence-electron chi connectivity index (χ1n) is 11.4. The van der Waals surface area contributed by atoms with Crippen molar-refractivity contribution in [2.75, 3.05) is 0 Å². The van der Waals surface area contributed by atoms with Gasteiger partial charge in [-0.15, -0.1) is 0 Å². The Kier molecular flexibility index (Phi) is 5.61. The van der Waals surface area contributed by atoms with Crippen LogP contribution in [0.25, 0.3) is 6.08 Å². The molecule has 1 aliphatic heterocycles. The third-order valence-corrected chi connectivity index (χ3v) is 6.45. The Morgan fingerprint density at radius 1 is 1.03 bits per heavy atom. The van der Waals surface area contributed by atoms with Crippen LogP contribution in [0, 0.1) is 5.92 Å². The Morgan fingerprint density at radius 3 is 2.29 bits per heavy atom. The van der Waals surface area contributed by atoms with Crippen LogP contribution in [0.4, 0.5) is 0 Å². The number of imide groups is 1. The van der Waals surface area contributed by atoms with Crippen molar-refractivity contribution in [2.45, 2.75) is 25.8 Å². The highest BCUT2D eigenvalue weighted by Gasteiger charge is 2.48. The van der Waals surface area contributed by atoms with E-state index in [1.807, 2.05) is 6.08 Å². The molecular weight excluding hydrogens is 446 g/mol. The van der Waals surface area contributed by atoms with Gasteiger partial charge in [0.15, 0.2) is 11.6 Å². The number of carbonyl (C=O) groups excluding carboxylic acids is 5. The number of likely N-dealkylation sites (tertiary alicyclic amines) is 1. The zero-order valence-corrected chi connectivity index (χ0v) is 18.9. The first kappa shape index (κ1) is 22.4. The first-order valence-corrected chi connectivity index (χ1v) is 11.4. The number of ether oxygens (including phenoxy) is 1. The van der Waals surface area contributed by atoms with E-state index in [1.165, 1.54) is 18.2 Å². The van der Waals surface area contributed by atoms with Gasteiger partial charge >= 0.3 is 5.97 Å². The van der Waals surface area contributed by atoms with Crippen LogP contribution in [0.15, 0.2) is 77.9 Å². The summed E-state index contributed by atoms with van der Waals surface area (Å²) in [6.07, 6.45) is 7.35. The van der Waals surface area contributed by atoms with Crippen LogP contribution in [0.2, 0.25) is 0 Å². The molecule has 3 aliphatic rings. The molecule has 35 heavy (non-hydrogen) atoms. The van der Waals surface area contributed by atoms with Crippen molar-refractivity contribution in [3.8, 4) is 5.75 Å². The summed E-state index contributed by atoms with van der Waals surface area (Å²) in [5.74, 6) is -2.51. The second-order valence-corrected chi connectivity index (χ2v) is 8.53. The maximum Gasteiger partial charge on any atom is 0.334 e. The first-order chi connectivity index (χ1) is 16.9. The Bertz CT molecular complexity index is 1340. The molecule has 2 aliphatic carbocycles. The predicted octanol–water partition coefficient (Wildman–Crippen LogP) is 3.70. The third kappa shape index (κ3) is 3.75. The van der Waals surface area contributed by atoms with Gasteiger partial charge < -0.3 is 4.74 Å². The number of hydrogen-bond acceptors (Lipinski definition) is 6. The Labute approximate surface area is 201 Å². The summed E-state index contributed by atoms with van der Waals surface area (Å²) in [6, 6.07) is 12.0. The number of fused-ring (bicyclic) bond motifs is 2. The van der Waals surface area contributed by atoms with Crippen molar-refractivity contribution in [3.63, 3.8) is 0 Å². The van der Waals surface area contributed by atoms with Crippen molar-refractivity contribution in [1.29, 1.82) is 0 Å². The number of benzene rings is 2. The summed E-state index contributed by atoms with van der Waals surface area (Å²) in [5.41, 5.74) is 1.85. The molecule has 0 unspecified atom stereocenters. The molecule has 0 bridgehead atoms. The summed E-state index contributed by atoms with van der Waals surface area (Å²) in [4.78, 5) is 64.7. The number of amides is 2. The average molecular weight is 467 g/mol. The predicted molar refractivity (Wildman–Crippen MR) is 126 cm³/mol. The lowest BCUT2D eigenvalue weighted by molar-refractivity contribution is -0.153. The van der Waals surface area contributed by atoms with Gasteiger partial charge in [0.1, 0.15) is 11.8 Å². The molecule has 0 radical (unpaired) electrons. The molecule has 1 heterocycles. The summed E-state index contributed by atoms with van der Waals surface area (Å²) in [5, 5.41) is 0. The van der Waals surface area contributed by atoms with Gasteiger partial charge in [0.05, 0.1) is 11.5 Å². The van der Waals surface area contributed by atoms with E-state index in [1.54, 1.807) is 55.5 Å². The van der Waals surface area contributed by atoms with Crippen molar-refractivity contribution < 1.29 is 28.7 Å². The second kappa shape index (κ2) is 8.76. The van der Waals surface area contributed by atoms with Crippen LogP contribution in [0.1, 0.15) is 46.0 Å². The largest absolute Gasteiger partial charge is 0.425 e. The van der Waals surface area contributed by atoms with Crippen molar-refractivity contribution >= 4 is 35.4 Å². The molecule has 5 rings (SSSR count). The lowest BCUT2D eigenvalue weighted by Crippen LogP contribution is -2.46. The van der Waals surface area contributed by atoms with Gasteiger partial charge in [-0.1, -0.05) is 61.5 Å². The quantitative estimate of drug-likeness (QED) is 0.219. The van der Waals surface area contributed by atoms with Gasteiger partial charge in [0, 0.05) is 16.7 Å². The number of ketones is 2. The molecule has 0 N–H and O–H groups in total. The van der Waals surface area contributed by atoms with Crippen molar-refractivity contribution in [3.05, 3.63) is 94.6 Å². The van der Waals surface area contributed by atoms with Crippen LogP contribution in [0.5, 0.6) is 5.75 Å². The molecule has 2 amide bonds. The molecule has 1 saturated heterocycles. The van der Waals surface area contributed by atoms with Crippen LogP contribution in [-0.2, 0) is 14.4 Å². The highest BCUT2D eigenvalue weighted by atomic mass is 16.5. The van der Waals surface area contributed by atoms with Crippen LogP contribution in [-0.4, -0.2) is 40.3 Å². The minimum atomic E-state index is -1.03. The number of nitrogens with zero attached hydrogens (tertiary/aromatic N) is 1. The van der Waals surface area contributed by atoms with E-state index in [-0.39, 0.29) is 35.2 Å². The Hall–Kier alpha value is -4.39. The molecule has 2 aromatic carbocycles. The smallest absolute Gasteiger partial charge is 0.334 e. The van der Waals surface area contributed by atoms with Gasteiger partial charge in [0.2, 0.25) is 5.91 Å². The van der Waals surface area contributed by atoms with Gasteiger partial charge in [-0.2, -0.15) is 0 Å². The number of Topliss-reactive ketones (excluding diaryl/α,β-unsaturated/α-hetero) is 2. The molecule has 7 nitrogen and oxygen atoms in total. The van der Waals surface area contributed by atoms with Gasteiger partial charge in [-0.25, -0.2) is 4.79 Å². The number of esters is 1. The average Bonchev–Trinajstić information content (AvgIpc) is 3.27. The topological polar surface area (TPSA) is 97.8 Å². The standard InChI is InChI=1S/C28H21NO6/c1-2-23(29-26(32)20-9-5-6-10-21(20)27(29)33)28(34)35-17-13-11-16(12-14-17)15-22-24(30)18-7-3-4-8-19(18)25(22)31/h3-9,11-15,21,23H,2,10H2,1H3/t21-,23+/m1/s1. The van der Waals surface area contributed by atoms with Crippen molar-refractivity contribution in [2.24, 2.45) is 5.92 Å². The normalized spacial score (nSPS) is 19.5. The number of carbonyl (C=O) groups is 5. The summed E-state index contributed by atoms with van der Waals surface area (Å²) in [7, 11) is 0. The monoisotopic (exact) mass is 467 g/mol. The van der Waals surface area contributed by atoms with Gasteiger partial charge in [-0.3, -0.25) is 24.1 Å². The lowest BCUT2D eigenvalue weighted by atomic mass is 9.94. The summed E-state index contributed by atoms with van der Waals surface area (Å²) >= 11 is 0. The van der Waals surface area contributed by atoms with Crippen LogP contribution in [0.3, 0.4) is 0 Å². The molecule has 0 spiro atoms. The lowest BCUT2D eigenvalue weighted by Gasteiger charge is -2.23. The fraction of sp³-hybridized carbons (Fsp3) is 0.179. The molecule has 2 atom stereocenters. The summed E-state index contributed by atoms with van der Waals surface area (Å²) < 4.78 is 5.47. The van der Waals surface area contributed by atoms with Crippen LogP contribution >= 0.6 is 0 Å². The van der Waals surface area contributed by atoms with E-state index in [0.717, 1.165) is 4.90 Å². The second-order valence-electron chi connectivity index (χ2n) is 8.53. The highest BCUT2D eigenvalue weighted by Crippen LogP contribution is 2.34. The number of rotatable bonds is 5. The fourth-order valence-electron chi connectivity index (χ4n) is 4.63. The molecule has 0 saturated carbocycles.